The largest absolute Gasteiger partial charge is 0.416 e. The molecule has 2 aromatic rings. The summed E-state index contributed by atoms with van der Waals surface area (Å²) in [5, 5.41) is 0.0932. The Morgan fingerprint density at radius 3 is 2.52 bits per heavy atom. The Morgan fingerprint density at radius 2 is 1.90 bits per heavy atom. The standard InChI is InChI=1S/C21H23F3N2O3S2/c1-14-6-4-5-7-17(14)26(31(3,28)29)13-20(27)25-11-10-15(2)30-19-9-8-16(12-18(19)25)21(22,23)24/h4-9,12,15H,10-11,13H2,1-3H3. The molecule has 0 spiro atoms. The lowest BCUT2D eigenvalue weighted by Crippen LogP contribution is -2.43. The Balaban J connectivity index is 2.01. The van der Waals surface area contributed by atoms with Crippen LogP contribution in [-0.4, -0.2) is 38.9 Å². The summed E-state index contributed by atoms with van der Waals surface area (Å²) in [6, 6.07) is 10.1. The highest BCUT2D eigenvalue weighted by Gasteiger charge is 2.34. The number of carbonyl (C=O) groups excluding carboxylic acids is 1. The lowest BCUT2D eigenvalue weighted by atomic mass is 10.1. The molecule has 0 N–H and O–H groups in total. The Hall–Kier alpha value is -2.20. The molecule has 0 saturated heterocycles. The average molecular weight is 473 g/mol. The van der Waals surface area contributed by atoms with Crippen LogP contribution in [-0.2, 0) is 21.0 Å². The van der Waals surface area contributed by atoms with Gasteiger partial charge >= 0.3 is 6.18 Å². The van der Waals surface area contributed by atoms with Gasteiger partial charge in [-0.1, -0.05) is 25.1 Å². The van der Waals surface area contributed by atoms with E-state index in [2.05, 4.69) is 0 Å². The fourth-order valence-electron chi connectivity index (χ4n) is 3.40. The zero-order chi connectivity index (χ0) is 23.0. The first-order valence-corrected chi connectivity index (χ1v) is 12.3. The average Bonchev–Trinajstić information content (AvgIpc) is 2.82. The van der Waals surface area contributed by atoms with Crippen molar-refractivity contribution in [3.8, 4) is 0 Å². The van der Waals surface area contributed by atoms with Gasteiger partial charge in [0, 0.05) is 16.7 Å². The molecule has 1 heterocycles. The van der Waals surface area contributed by atoms with E-state index in [-0.39, 0.29) is 17.5 Å². The predicted molar refractivity (Wildman–Crippen MR) is 117 cm³/mol. The molecule has 1 atom stereocenters. The third-order valence-electron chi connectivity index (χ3n) is 5.03. The number of aryl methyl sites for hydroxylation is 1. The molecular weight excluding hydrogens is 449 g/mol. The Kier molecular flexibility index (Phi) is 6.61. The molecule has 168 valence electrons. The van der Waals surface area contributed by atoms with Crippen LogP contribution in [0.1, 0.15) is 24.5 Å². The van der Waals surface area contributed by atoms with Crippen LogP contribution in [0.4, 0.5) is 24.5 Å². The number of hydrogen-bond donors (Lipinski definition) is 0. The number of fused-ring (bicyclic) bond motifs is 1. The summed E-state index contributed by atoms with van der Waals surface area (Å²) in [7, 11) is -3.80. The zero-order valence-corrected chi connectivity index (χ0v) is 18.9. The second-order valence-corrected chi connectivity index (χ2v) is 10.9. The van der Waals surface area contributed by atoms with Crippen LogP contribution >= 0.6 is 11.8 Å². The third-order valence-corrected chi connectivity index (χ3v) is 7.39. The molecule has 0 saturated carbocycles. The fraction of sp³-hybridized carbons (Fsp3) is 0.381. The van der Waals surface area contributed by atoms with E-state index >= 15 is 0 Å². The van der Waals surface area contributed by atoms with Gasteiger partial charge in [0.2, 0.25) is 15.9 Å². The number of amides is 1. The van der Waals surface area contributed by atoms with Crippen molar-refractivity contribution in [1.29, 1.82) is 0 Å². The van der Waals surface area contributed by atoms with E-state index in [1.165, 1.54) is 22.7 Å². The number of alkyl halides is 3. The zero-order valence-electron chi connectivity index (χ0n) is 17.3. The molecule has 3 rings (SSSR count). The first-order valence-electron chi connectivity index (χ1n) is 9.59. The number of benzene rings is 2. The van der Waals surface area contributed by atoms with Crippen LogP contribution in [0, 0.1) is 6.92 Å². The van der Waals surface area contributed by atoms with Crippen molar-refractivity contribution in [2.45, 2.75) is 36.6 Å². The first kappa shape index (κ1) is 23.5. The van der Waals surface area contributed by atoms with Crippen LogP contribution in [0.3, 0.4) is 0 Å². The molecule has 0 aliphatic carbocycles. The highest BCUT2D eigenvalue weighted by Crippen LogP contribution is 2.41. The summed E-state index contributed by atoms with van der Waals surface area (Å²) in [6.07, 6.45) is -2.98. The SMILES string of the molecule is Cc1ccccc1N(CC(=O)N1CCC(C)Sc2ccc(C(F)(F)F)cc21)S(C)(=O)=O. The van der Waals surface area contributed by atoms with Gasteiger partial charge in [-0.2, -0.15) is 13.2 Å². The molecule has 2 aromatic carbocycles. The van der Waals surface area contributed by atoms with Crippen LogP contribution in [0.15, 0.2) is 47.4 Å². The van der Waals surface area contributed by atoms with E-state index in [0.29, 0.717) is 22.6 Å². The summed E-state index contributed by atoms with van der Waals surface area (Å²) in [5.74, 6) is -0.580. The predicted octanol–water partition coefficient (Wildman–Crippen LogP) is 4.70. The van der Waals surface area contributed by atoms with E-state index in [0.717, 1.165) is 22.7 Å². The number of carbonyl (C=O) groups is 1. The summed E-state index contributed by atoms with van der Waals surface area (Å²) >= 11 is 1.40. The van der Waals surface area contributed by atoms with Crippen molar-refractivity contribution >= 4 is 39.1 Å². The molecule has 1 amide bonds. The molecule has 5 nitrogen and oxygen atoms in total. The lowest BCUT2D eigenvalue weighted by Gasteiger charge is -2.28. The van der Waals surface area contributed by atoms with Crippen molar-refractivity contribution < 1.29 is 26.4 Å². The van der Waals surface area contributed by atoms with Gasteiger partial charge in [0.25, 0.3) is 0 Å². The Morgan fingerprint density at radius 1 is 1.23 bits per heavy atom. The maximum atomic E-state index is 13.3. The van der Waals surface area contributed by atoms with Crippen molar-refractivity contribution in [2.24, 2.45) is 0 Å². The van der Waals surface area contributed by atoms with E-state index in [4.69, 9.17) is 0 Å². The lowest BCUT2D eigenvalue weighted by molar-refractivity contribution is -0.137. The van der Waals surface area contributed by atoms with Gasteiger partial charge in [0.15, 0.2) is 0 Å². The van der Waals surface area contributed by atoms with Gasteiger partial charge in [-0.05, 0) is 43.2 Å². The topological polar surface area (TPSA) is 57.7 Å². The summed E-state index contributed by atoms with van der Waals surface area (Å²) in [6.45, 7) is 3.37. The minimum atomic E-state index is -4.55. The van der Waals surface area contributed by atoms with Crippen LogP contribution in [0.5, 0.6) is 0 Å². The molecule has 0 aromatic heterocycles. The van der Waals surface area contributed by atoms with Crippen molar-refractivity contribution in [3.63, 3.8) is 0 Å². The van der Waals surface area contributed by atoms with Gasteiger partial charge < -0.3 is 4.90 Å². The molecule has 1 aliphatic heterocycles. The third kappa shape index (κ3) is 5.35. The van der Waals surface area contributed by atoms with Crippen molar-refractivity contribution in [2.75, 3.05) is 28.6 Å². The van der Waals surface area contributed by atoms with Gasteiger partial charge in [-0.15, -0.1) is 11.8 Å². The smallest absolute Gasteiger partial charge is 0.310 e. The van der Waals surface area contributed by atoms with Crippen molar-refractivity contribution in [1.82, 2.24) is 0 Å². The number of nitrogens with zero attached hydrogens (tertiary/aromatic N) is 2. The molecule has 1 aliphatic rings. The normalized spacial score (nSPS) is 17.1. The molecule has 0 fully saturated rings. The number of para-hydroxylation sites is 1. The van der Waals surface area contributed by atoms with E-state index in [1.54, 1.807) is 31.2 Å². The van der Waals surface area contributed by atoms with Gasteiger partial charge in [0.1, 0.15) is 6.54 Å². The van der Waals surface area contributed by atoms with E-state index in [1.807, 2.05) is 6.92 Å². The van der Waals surface area contributed by atoms with Crippen LogP contribution in [0.2, 0.25) is 0 Å². The van der Waals surface area contributed by atoms with Gasteiger partial charge in [0.05, 0.1) is 23.2 Å². The van der Waals surface area contributed by atoms with Crippen LogP contribution < -0.4 is 9.21 Å². The number of hydrogen-bond acceptors (Lipinski definition) is 4. The first-order chi connectivity index (χ1) is 14.4. The van der Waals surface area contributed by atoms with Crippen LogP contribution in [0.25, 0.3) is 0 Å². The number of thioether (sulfide) groups is 1. The maximum absolute atomic E-state index is 13.3. The highest BCUT2D eigenvalue weighted by molar-refractivity contribution is 8.00. The van der Waals surface area contributed by atoms with Crippen molar-refractivity contribution in [3.05, 3.63) is 53.6 Å². The molecule has 0 radical (unpaired) electrons. The highest BCUT2D eigenvalue weighted by atomic mass is 32.2. The molecular formula is C21H23F3N2O3S2. The second-order valence-electron chi connectivity index (χ2n) is 7.50. The summed E-state index contributed by atoms with van der Waals surface area (Å²) in [4.78, 5) is 15.1. The number of rotatable bonds is 4. The van der Waals surface area contributed by atoms with Gasteiger partial charge in [-0.25, -0.2) is 8.42 Å². The molecule has 1 unspecified atom stereocenters. The minimum Gasteiger partial charge on any atom is -0.310 e. The molecule has 31 heavy (non-hydrogen) atoms. The Bertz CT molecular complexity index is 1090. The van der Waals surface area contributed by atoms with E-state index in [9.17, 15) is 26.4 Å². The summed E-state index contributed by atoms with van der Waals surface area (Å²) in [5.41, 5.74) is 0.339. The Labute approximate surface area is 184 Å². The number of sulfonamides is 1. The quantitative estimate of drug-likeness (QED) is 0.648. The maximum Gasteiger partial charge on any atom is 0.416 e. The molecule has 10 heteroatoms. The monoisotopic (exact) mass is 472 g/mol. The fourth-order valence-corrected chi connectivity index (χ4v) is 5.40. The van der Waals surface area contributed by atoms with E-state index < -0.39 is 34.2 Å². The number of anilines is 2. The molecule has 0 bridgehead atoms. The van der Waals surface area contributed by atoms with Gasteiger partial charge in [-0.3, -0.25) is 9.10 Å². The number of halogens is 3. The second kappa shape index (κ2) is 8.74. The summed E-state index contributed by atoms with van der Waals surface area (Å²) < 4.78 is 65.8. The minimum absolute atomic E-state index is 0.0932.